The third-order valence-corrected chi connectivity index (χ3v) is 4.10. The van der Waals surface area contributed by atoms with Gasteiger partial charge in [0.1, 0.15) is 0 Å². The summed E-state index contributed by atoms with van der Waals surface area (Å²) in [5.41, 5.74) is 2.64. The number of aliphatic hydroxyl groups is 2. The zero-order valence-corrected chi connectivity index (χ0v) is 17.4. The summed E-state index contributed by atoms with van der Waals surface area (Å²) in [4.78, 5) is 11.8. The molecule has 0 aromatic rings. The second-order valence-corrected chi connectivity index (χ2v) is 6.78. The molecule has 0 unspecified atom stereocenters. The summed E-state index contributed by atoms with van der Waals surface area (Å²) in [6.07, 6.45) is 16.6. The lowest BCUT2D eigenvalue weighted by Gasteiger charge is -2.16. The minimum absolute atomic E-state index is 0.0579. The molecule has 4 nitrogen and oxygen atoms in total. The van der Waals surface area contributed by atoms with Gasteiger partial charge in [0.25, 0.3) is 0 Å². The zero-order valence-electron chi connectivity index (χ0n) is 17.4. The molecule has 1 amide bonds. The van der Waals surface area contributed by atoms with Gasteiger partial charge in [-0.15, -0.1) is 0 Å². The minimum Gasteiger partial charge on any atom is -0.394 e. The predicted molar refractivity (Wildman–Crippen MR) is 114 cm³/mol. The van der Waals surface area contributed by atoms with E-state index in [0.29, 0.717) is 5.57 Å². The van der Waals surface area contributed by atoms with Gasteiger partial charge in [0.2, 0.25) is 5.91 Å². The maximum absolute atomic E-state index is 11.8. The first-order chi connectivity index (χ1) is 12.7. The van der Waals surface area contributed by atoms with E-state index in [1.807, 2.05) is 64.2 Å². The molecular formula is C23H35NO3. The van der Waals surface area contributed by atoms with Crippen molar-refractivity contribution in [2.45, 2.75) is 53.7 Å². The fraction of sp³-hybridized carbons (Fsp3) is 0.435. The van der Waals surface area contributed by atoms with Gasteiger partial charge in [-0.1, -0.05) is 67.2 Å². The van der Waals surface area contributed by atoms with Crippen LogP contribution in [0.4, 0.5) is 0 Å². The standard InChI is InChI=1S/C23H35NO3/c1-7-18(3)22(26)20(5)15-17(2)13-11-9-8-10-12-14-19(4)23(27)24-21(6)16-25/h7-15,20-22,25-26H,16H2,1-6H3,(H,24,27)/b9-8-,12-10+,13-11+,17-15+,18-7+,19-14+/t20-,21+,22+/m1/s1. The second-order valence-electron chi connectivity index (χ2n) is 6.78. The SMILES string of the molecule is C/C=C(\C)[C@H](O)[C@H](C)/C=C(C)/C=C/C=C\C=C\C=C(/C)C(=O)N[C@@H](C)CO. The second kappa shape index (κ2) is 14.0. The van der Waals surface area contributed by atoms with Gasteiger partial charge in [-0.2, -0.15) is 0 Å². The van der Waals surface area contributed by atoms with Crippen LogP contribution in [-0.4, -0.2) is 34.9 Å². The predicted octanol–water partition coefficient (Wildman–Crippen LogP) is 4.01. The van der Waals surface area contributed by atoms with Crippen LogP contribution in [0.25, 0.3) is 0 Å². The van der Waals surface area contributed by atoms with Crippen LogP contribution in [0.1, 0.15) is 41.5 Å². The van der Waals surface area contributed by atoms with Crippen LogP contribution in [0.3, 0.4) is 0 Å². The lowest BCUT2D eigenvalue weighted by molar-refractivity contribution is -0.118. The van der Waals surface area contributed by atoms with E-state index in [2.05, 4.69) is 11.4 Å². The lowest BCUT2D eigenvalue weighted by atomic mass is 9.96. The Hall–Kier alpha value is -2.17. The summed E-state index contributed by atoms with van der Waals surface area (Å²) < 4.78 is 0. The summed E-state index contributed by atoms with van der Waals surface area (Å²) in [7, 11) is 0. The Kier molecular flexibility index (Phi) is 12.8. The van der Waals surface area contributed by atoms with Crippen LogP contribution in [0, 0.1) is 5.92 Å². The average molecular weight is 374 g/mol. The van der Waals surface area contributed by atoms with Crippen LogP contribution in [0.2, 0.25) is 0 Å². The molecule has 0 radical (unpaired) electrons. The molecule has 0 rings (SSSR count). The van der Waals surface area contributed by atoms with Gasteiger partial charge in [-0.3, -0.25) is 4.79 Å². The third-order valence-electron chi connectivity index (χ3n) is 4.10. The average Bonchev–Trinajstić information content (AvgIpc) is 2.65. The van der Waals surface area contributed by atoms with Crippen molar-refractivity contribution < 1.29 is 15.0 Å². The Bertz CT molecular complexity index is 636. The van der Waals surface area contributed by atoms with E-state index in [9.17, 15) is 9.90 Å². The number of amides is 1. The highest BCUT2D eigenvalue weighted by Gasteiger charge is 2.12. The van der Waals surface area contributed by atoms with E-state index < -0.39 is 6.10 Å². The molecule has 4 heteroatoms. The summed E-state index contributed by atoms with van der Waals surface area (Å²) in [5.74, 6) is -0.127. The van der Waals surface area contributed by atoms with Gasteiger partial charge in [0.15, 0.2) is 0 Å². The summed E-state index contributed by atoms with van der Waals surface area (Å²) in [6.45, 7) is 11.3. The van der Waals surface area contributed by atoms with Gasteiger partial charge in [-0.25, -0.2) is 0 Å². The Morgan fingerprint density at radius 2 is 1.63 bits per heavy atom. The molecule has 0 aliphatic carbocycles. The Balaban J connectivity index is 4.56. The first-order valence-electron chi connectivity index (χ1n) is 9.32. The van der Waals surface area contributed by atoms with Gasteiger partial charge >= 0.3 is 0 Å². The number of carbonyl (C=O) groups excluding carboxylic acids is 1. The highest BCUT2D eigenvalue weighted by molar-refractivity contribution is 5.93. The number of nitrogens with one attached hydrogen (secondary N) is 1. The molecule has 0 fully saturated rings. The highest BCUT2D eigenvalue weighted by Crippen LogP contribution is 2.15. The van der Waals surface area contributed by atoms with Gasteiger partial charge in [0.05, 0.1) is 12.7 Å². The van der Waals surface area contributed by atoms with Crippen molar-refractivity contribution in [3.05, 3.63) is 71.4 Å². The number of hydrogen-bond donors (Lipinski definition) is 3. The van der Waals surface area contributed by atoms with Gasteiger partial charge in [-0.05, 0) is 40.2 Å². The topological polar surface area (TPSA) is 69.6 Å². The fourth-order valence-electron chi connectivity index (χ4n) is 2.21. The first-order valence-corrected chi connectivity index (χ1v) is 9.32. The molecule has 0 aliphatic rings. The van der Waals surface area contributed by atoms with Crippen molar-refractivity contribution in [2.24, 2.45) is 5.92 Å². The highest BCUT2D eigenvalue weighted by atomic mass is 16.3. The molecule has 0 spiro atoms. The Morgan fingerprint density at radius 1 is 1.04 bits per heavy atom. The molecule has 0 aliphatic heterocycles. The maximum atomic E-state index is 11.8. The summed E-state index contributed by atoms with van der Waals surface area (Å²) in [6, 6.07) is -0.253. The van der Waals surface area contributed by atoms with Crippen LogP contribution in [-0.2, 0) is 4.79 Å². The zero-order chi connectivity index (χ0) is 20.8. The van der Waals surface area contributed by atoms with Crippen LogP contribution < -0.4 is 5.32 Å². The van der Waals surface area contributed by atoms with Crippen molar-refractivity contribution in [2.75, 3.05) is 6.61 Å². The van der Waals surface area contributed by atoms with Gasteiger partial charge < -0.3 is 15.5 Å². The first kappa shape index (κ1) is 24.8. The smallest absolute Gasteiger partial charge is 0.247 e. The van der Waals surface area contributed by atoms with E-state index in [1.54, 1.807) is 26.0 Å². The molecule has 0 heterocycles. The molecule has 0 aromatic heterocycles. The monoisotopic (exact) mass is 373 g/mol. The number of carbonyl (C=O) groups is 1. The maximum Gasteiger partial charge on any atom is 0.247 e. The summed E-state index contributed by atoms with van der Waals surface area (Å²) in [5, 5.41) is 21.8. The van der Waals surface area contributed by atoms with E-state index in [0.717, 1.165) is 11.1 Å². The molecule has 150 valence electrons. The van der Waals surface area contributed by atoms with Crippen molar-refractivity contribution in [3.63, 3.8) is 0 Å². The number of aliphatic hydroxyl groups excluding tert-OH is 2. The van der Waals surface area contributed by atoms with Crippen LogP contribution in [0.5, 0.6) is 0 Å². The minimum atomic E-state index is -0.454. The van der Waals surface area contributed by atoms with E-state index in [4.69, 9.17) is 5.11 Å². The molecule has 0 aromatic carbocycles. The van der Waals surface area contributed by atoms with E-state index in [-0.39, 0.29) is 24.5 Å². The number of allylic oxidation sites excluding steroid dienone is 9. The Morgan fingerprint density at radius 3 is 2.22 bits per heavy atom. The third kappa shape index (κ3) is 11.2. The van der Waals surface area contributed by atoms with Crippen molar-refractivity contribution in [1.82, 2.24) is 5.32 Å². The van der Waals surface area contributed by atoms with E-state index in [1.165, 1.54) is 0 Å². The number of rotatable bonds is 10. The van der Waals surface area contributed by atoms with Crippen LogP contribution in [0.15, 0.2) is 71.4 Å². The quantitative estimate of drug-likeness (QED) is 0.308. The van der Waals surface area contributed by atoms with Crippen molar-refractivity contribution in [1.29, 1.82) is 0 Å². The molecule has 0 bridgehead atoms. The number of hydrogen-bond acceptors (Lipinski definition) is 3. The molecule has 0 saturated heterocycles. The van der Waals surface area contributed by atoms with Crippen LogP contribution >= 0.6 is 0 Å². The summed E-state index contributed by atoms with van der Waals surface area (Å²) >= 11 is 0. The normalized spacial score (nSPS) is 17.7. The van der Waals surface area contributed by atoms with Crippen molar-refractivity contribution >= 4 is 5.91 Å². The van der Waals surface area contributed by atoms with Gasteiger partial charge in [0, 0.05) is 17.5 Å². The fourth-order valence-corrected chi connectivity index (χ4v) is 2.21. The molecule has 0 saturated carbocycles. The Labute approximate surface area is 164 Å². The molecule has 3 N–H and O–H groups in total. The lowest BCUT2D eigenvalue weighted by Crippen LogP contribution is -2.35. The molecular weight excluding hydrogens is 338 g/mol. The van der Waals surface area contributed by atoms with E-state index >= 15 is 0 Å². The molecule has 3 atom stereocenters. The molecule has 27 heavy (non-hydrogen) atoms. The van der Waals surface area contributed by atoms with Crippen molar-refractivity contribution in [3.8, 4) is 0 Å². The largest absolute Gasteiger partial charge is 0.394 e.